The fraction of sp³-hybridized carbons (Fsp3) is 0.818. The van der Waals surface area contributed by atoms with Crippen molar-refractivity contribution in [2.75, 3.05) is 0 Å². The zero-order valence-corrected chi connectivity index (χ0v) is 8.53. The van der Waals surface area contributed by atoms with Crippen LogP contribution in [-0.4, -0.2) is 0 Å². The summed E-state index contributed by atoms with van der Waals surface area (Å²) in [5, 5.41) is 0. The van der Waals surface area contributed by atoms with Gasteiger partial charge >= 0.3 is 0 Å². The summed E-state index contributed by atoms with van der Waals surface area (Å²) in [6.07, 6.45) is 6.97. The second-order valence-electron chi connectivity index (χ2n) is 2.82. The van der Waals surface area contributed by atoms with Crippen LogP contribution in [0.4, 0.5) is 0 Å². The van der Waals surface area contributed by atoms with Gasteiger partial charge in [0.05, 0.1) is 0 Å². The maximum atomic E-state index is 3.00. The molecule has 0 heterocycles. The first-order chi connectivity index (χ1) is 5.35. The minimum atomic E-state index is 1.00. The molecule has 0 aliphatic heterocycles. The van der Waals surface area contributed by atoms with E-state index < -0.39 is 0 Å². The van der Waals surface area contributed by atoms with E-state index in [1.807, 2.05) is 0 Å². The molecule has 0 heteroatoms. The van der Waals surface area contributed by atoms with Gasteiger partial charge in [0.2, 0.25) is 0 Å². The topological polar surface area (TPSA) is 0 Å². The highest BCUT2D eigenvalue weighted by Crippen LogP contribution is 2.15. The molecule has 0 spiro atoms. The molecule has 0 aromatic carbocycles. The third kappa shape index (κ3) is 9.74. The molecule has 0 amide bonds. The van der Waals surface area contributed by atoms with E-state index >= 15 is 0 Å². The largest absolute Gasteiger partial charge is 0.106 e. The molecule has 0 aliphatic rings. The summed E-state index contributed by atoms with van der Waals surface area (Å²) in [7, 11) is 0. The summed E-state index contributed by atoms with van der Waals surface area (Å²) in [6.45, 7) is 12.9. The Morgan fingerprint density at radius 1 is 1.00 bits per heavy atom. The van der Waals surface area contributed by atoms with Crippen molar-refractivity contribution in [3.8, 4) is 0 Å². The molecule has 0 aromatic rings. The van der Waals surface area contributed by atoms with E-state index in [4.69, 9.17) is 0 Å². The van der Waals surface area contributed by atoms with Gasteiger partial charge < -0.3 is 0 Å². The van der Waals surface area contributed by atoms with Gasteiger partial charge in [-0.1, -0.05) is 52.9 Å². The van der Waals surface area contributed by atoms with Gasteiger partial charge in [-0.05, 0) is 5.92 Å². The van der Waals surface area contributed by atoms with Crippen molar-refractivity contribution in [1.29, 1.82) is 0 Å². The van der Waals surface area contributed by atoms with E-state index in [2.05, 4.69) is 33.9 Å². The second kappa shape index (κ2) is 12.4. The van der Waals surface area contributed by atoms with E-state index in [1.165, 1.54) is 32.1 Å². The highest BCUT2D eigenvalue weighted by atomic mass is 14.1. The molecular formula is C11H24. The van der Waals surface area contributed by atoms with Crippen LogP contribution >= 0.6 is 0 Å². The highest BCUT2D eigenvalue weighted by Gasteiger charge is 2.00. The first-order valence-electron chi connectivity index (χ1n) is 4.85. The summed E-state index contributed by atoms with van der Waals surface area (Å²) in [6, 6.07) is 0. The highest BCUT2D eigenvalue weighted by molar-refractivity contribution is 4.53. The summed E-state index contributed by atoms with van der Waals surface area (Å²) in [5.41, 5.74) is 0. The zero-order valence-electron chi connectivity index (χ0n) is 8.53. The molecule has 0 rings (SSSR count). The predicted octanol–water partition coefficient (Wildman–Crippen LogP) is 4.42. The SMILES string of the molecule is C=C.CCCCC(CC)CC. The molecule has 0 fully saturated rings. The van der Waals surface area contributed by atoms with Crippen LogP contribution in [-0.2, 0) is 0 Å². The standard InChI is InChI=1S/C9H20.C2H4/c1-4-7-8-9(5-2)6-3;1-2/h9H,4-8H2,1-3H3;1-2H2. The third-order valence-electron chi connectivity index (χ3n) is 2.12. The van der Waals surface area contributed by atoms with Crippen LogP contribution in [0.1, 0.15) is 52.9 Å². The van der Waals surface area contributed by atoms with E-state index in [0.29, 0.717) is 0 Å². The van der Waals surface area contributed by atoms with Crippen molar-refractivity contribution in [3.63, 3.8) is 0 Å². The van der Waals surface area contributed by atoms with Gasteiger partial charge in [-0.3, -0.25) is 0 Å². The molecular weight excluding hydrogens is 132 g/mol. The van der Waals surface area contributed by atoms with Crippen LogP contribution in [0.3, 0.4) is 0 Å². The second-order valence-corrected chi connectivity index (χ2v) is 2.82. The lowest BCUT2D eigenvalue weighted by Gasteiger charge is -2.09. The number of unbranched alkanes of at least 4 members (excludes halogenated alkanes) is 1. The molecule has 0 unspecified atom stereocenters. The average molecular weight is 156 g/mol. The lowest BCUT2D eigenvalue weighted by atomic mass is 9.97. The molecule has 0 aromatic heterocycles. The van der Waals surface area contributed by atoms with E-state index in [1.54, 1.807) is 0 Å². The Balaban J connectivity index is 0. The molecule has 0 atom stereocenters. The normalized spacial score (nSPS) is 9.09. The van der Waals surface area contributed by atoms with Gasteiger partial charge in [-0.2, -0.15) is 0 Å². The zero-order chi connectivity index (χ0) is 9.11. The maximum Gasteiger partial charge on any atom is -0.0420 e. The van der Waals surface area contributed by atoms with Crippen LogP contribution in [0, 0.1) is 5.92 Å². The molecule has 0 N–H and O–H groups in total. The number of rotatable bonds is 5. The summed E-state index contributed by atoms with van der Waals surface area (Å²) < 4.78 is 0. The molecule has 0 saturated carbocycles. The van der Waals surface area contributed by atoms with Crippen LogP contribution in [0.5, 0.6) is 0 Å². The van der Waals surface area contributed by atoms with E-state index in [9.17, 15) is 0 Å². The van der Waals surface area contributed by atoms with Gasteiger partial charge in [0.25, 0.3) is 0 Å². The van der Waals surface area contributed by atoms with E-state index in [0.717, 1.165) is 5.92 Å². The van der Waals surface area contributed by atoms with Crippen molar-refractivity contribution in [2.45, 2.75) is 52.9 Å². The molecule has 0 saturated heterocycles. The summed E-state index contributed by atoms with van der Waals surface area (Å²) in [5.74, 6) is 1.00. The monoisotopic (exact) mass is 156 g/mol. The molecule has 0 aliphatic carbocycles. The molecule has 68 valence electrons. The van der Waals surface area contributed by atoms with Crippen molar-refractivity contribution in [3.05, 3.63) is 13.2 Å². The molecule has 0 bridgehead atoms. The van der Waals surface area contributed by atoms with Gasteiger partial charge in [0.15, 0.2) is 0 Å². The first kappa shape index (κ1) is 13.3. The Hall–Kier alpha value is -0.260. The third-order valence-corrected chi connectivity index (χ3v) is 2.12. The minimum Gasteiger partial charge on any atom is -0.106 e. The van der Waals surface area contributed by atoms with Crippen LogP contribution in [0.15, 0.2) is 13.2 Å². The van der Waals surface area contributed by atoms with Crippen molar-refractivity contribution in [2.24, 2.45) is 5.92 Å². The van der Waals surface area contributed by atoms with E-state index in [-0.39, 0.29) is 0 Å². The van der Waals surface area contributed by atoms with Crippen molar-refractivity contribution in [1.82, 2.24) is 0 Å². The first-order valence-corrected chi connectivity index (χ1v) is 4.85. The number of hydrogen-bond acceptors (Lipinski definition) is 0. The van der Waals surface area contributed by atoms with Gasteiger partial charge in [0, 0.05) is 0 Å². The Morgan fingerprint density at radius 3 is 1.73 bits per heavy atom. The fourth-order valence-electron chi connectivity index (χ4n) is 1.19. The van der Waals surface area contributed by atoms with Gasteiger partial charge in [-0.15, -0.1) is 13.2 Å². The van der Waals surface area contributed by atoms with Gasteiger partial charge in [-0.25, -0.2) is 0 Å². The van der Waals surface area contributed by atoms with Crippen LogP contribution < -0.4 is 0 Å². The Labute approximate surface area is 72.7 Å². The van der Waals surface area contributed by atoms with Crippen molar-refractivity contribution >= 4 is 0 Å². The van der Waals surface area contributed by atoms with Crippen LogP contribution in [0.2, 0.25) is 0 Å². The predicted molar refractivity (Wildman–Crippen MR) is 54.9 cm³/mol. The Morgan fingerprint density at radius 2 is 1.45 bits per heavy atom. The number of hydrogen-bond donors (Lipinski definition) is 0. The lowest BCUT2D eigenvalue weighted by molar-refractivity contribution is 0.438. The summed E-state index contributed by atoms with van der Waals surface area (Å²) in [4.78, 5) is 0. The Bertz CT molecular complexity index is 53.1. The van der Waals surface area contributed by atoms with Gasteiger partial charge in [0.1, 0.15) is 0 Å². The lowest BCUT2D eigenvalue weighted by Crippen LogP contribution is -1.95. The average Bonchev–Trinajstić information content (AvgIpc) is 2.10. The maximum absolute atomic E-state index is 3.00. The Kier molecular flexibility index (Phi) is 15.1. The minimum absolute atomic E-state index is 1.00. The molecule has 0 nitrogen and oxygen atoms in total. The fourth-order valence-corrected chi connectivity index (χ4v) is 1.19. The molecule has 0 radical (unpaired) electrons. The van der Waals surface area contributed by atoms with Crippen LogP contribution in [0.25, 0.3) is 0 Å². The quantitative estimate of drug-likeness (QED) is 0.517. The smallest absolute Gasteiger partial charge is 0.0420 e. The molecule has 11 heavy (non-hydrogen) atoms. The summed E-state index contributed by atoms with van der Waals surface area (Å²) >= 11 is 0. The van der Waals surface area contributed by atoms with Crippen molar-refractivity contribution < 1.29 is 0 Å².